The molecule has 1 aliphatic rings. The molecule has 0 aliphatic carbocycles. The van der Waals surface area contributed by atoms with E-state index in [0.717, 1.165) is 15.4 Å². The lowest BCUT2D eigenvalue weighted by Gasteiger charge is -2.36. The molecule has 0 radical (unpaired) electrons. The van der Waals surface area contributed by atoms with Gasteiger partial charge in [-0.25, -0.2) is 8.78 Å². The van der Waals surface area contributed by atoms with E-state index >= 15 is 0 Å². The van der Waals surface area contributed by atoms with Crippen molar-refractivity contribution in [1.82, 2.24) is 9.03 Å². The summed E-state index contributed by atoms with van der Waals surface area (Å²) in [7, 11) is -2.57. The molecule has 3 aromatic rings. The first-order valence-corrected chi connectivity index (χ1v) is 12.5. The standard InChI is InChI=1S/C25H23ClF2N2O3S/c1-15-10-18(7-9-21(15)27)17-4-3-5-19(13-17)23-14-24(30(2)34(32,33)29-23)25(31)12-16-6-8-22(28)20(26)11-16/h3-11,13,23-24,29H,12,14H2,1-2H3. The average molecular weight is 505 g/mol. The molecular formula is C25H23ClF2N2O3S. The van der Waals surface area contributed by atoms with Crippen molar-refractivity contribution in [2.45, 2.75) is 31.8 Å². The van der Waals surface area contributed by atoms with E-state index < -0.39 is 28.1 Å². The third-order valence-electron chi connectivity index (χ3n) is 6.08. The van der Waals surface area contributed by atoms with E-state index in [2.05, 4.69) is 4.72 Å². The number of carbonyl (C=O) groups excluding carboxylic acids is 1. The molecule has 1 heterocycles. The van der Waals surface area contributed by atoms with Crippen molar-refractivity contribution in [2.75, 3.05) is 7.05 Å². The quantitative estimate of drug-likeness (QED) is 0.532. The minimum absolute atomic E-state index is 0.0772. The number of hydrogen-bond acceptors (Lipinski definition) is 3. The number of carbonyl (C=O) groups is 1. The van der Waals surface area contributed by atoms with Crippen molar-refractivity contribution < 1.29 is 22.0 Å². The highest BCUT2D eigenvalue weighted by molar-refractivity contribution is 7.87. The third kappa shape index (κ3) is 5.05. The van der Waals surface area contributed by atoms with E-state index in [-0.39, 0.29) is 29.5 Å². The van der Waals surface area contributed by atoms with Gasteiger partial charge in [0.15, 0.2) is 5.78 Å². The van der Waals surface area contributed by atoms with Gasteiger partial charge in [-0.05, 0) is 71.5 Å². The molecule has 1 aliphatic heterocycles. The van der Waals surface area contributed by atoms with Gasteiger partial charge in [0.1, 0.15) is 11.6 Å². The van der Waals surface area contributed by atoms with Crippen LogP contribution in [0.3, 0.4) is 0 Å². The number of nitrogens with zero attached hydrogens (tertiary/aromatic N) is 1. The fraction of sp³-hybridized carbons (Fsp3) is 0.240. The molecular weight excluding hydrogens is 482 g/mol. The largest absolute Gasteiger partial charge is 0.298 e. The number of Topliss-reactive ketones (excluding diaryl/α,β-unsaturated/α-hetero) is 1. The molecule has 0 amide bonds. The third-order valence-corrected chi connectivity index (χ3v) is 7.97. The number of rotatable bonds is 5. The summed E-state index contributed by atoms with van der Waals surface area (Å²) in [6, 6.07) is 14.6. The van der Waals surface area contributed by atoms with Crippen LogP contribution < -0.4 is 4.72 Å². The summed E-state index contributed by atoms with van der Waals surface area (Å²) < 4.78 is 56.5. The molecule has 34 heavy (non-hydrogen) atoms. The van der Waals surface area contributed by atoms with Gasteiger partial charge in [-0.3, -0.25) is 4.79 Å². The van der Waals surface area contributed by atoms with Crippen molar-refractivity contribution in [3.05, 3.63) is 94.0 Å². The predicted octanol–water partition coefficient (Wildman–Crippen LogP) is 4.99. The minimum Gasteiger partial charge on any atom is -0.298 e. The summed E-state index contributed by atoms with van der Waals surface area (Å²) in [5.74, 6) is -1.20. The molecule has 178 valence electrons. The molecule has 1 N–H and O–H groups in total. The lowest BCUT2D eigenvalue weighted by Crippen LogP contribution is -2.55. The van der Waals surface area contributed by atoms with Crippen molar-refractivity contribution in [3.63, 3.8) is 0 Å². The first kappa shape index (κ1) is 24.5. The Hall–Kier alpha value is -2.65. The maximum Gasteiger partial charge on any atom is 0.280 e. The zero-order valence-corrected chi connectivity index (χ0v) is 20.1. The normalized spacial score (nSPS) is 20.3. The maximum atomic E-state index is 13.7. The van der Waals surface area contributed by atoms with Crippen LogP contribution in [0.4, 0.5) is 8.78 Å². The van der Waals surface area contributed by atoms with E-state index in [4.69, 9.17) is 11.6 Å². The average Bonchev–Trinajstić information content (AvgIpc) is 2.79. The SMILES string of the molecule is Cc1cc(-c2cccc(C3CC(C(=O)Cc4ccc(F)c(Cl)c4)N(C)S(=O)(=O)N3)c2)ccc1F. The maximum absolute atomic E-state index is 13.7. The summed E-state index contributed by atoms with van der Waals surface area (Å²) in [6.45, 7) is 1.68. The Labute approximate surface area is 202 Å². The van der Waals surface area contributed by atoms with Crippen molar-refractivity contribution >= 4 is 27.6 Å². The number of aryl methyl sites for hydroxylation is 1. The molecule has 4 rings (SSSR count). The molecule has 0 bridgehead atoms. The zero-order chi connectivity index (χ0) is 24.6. The van der Waals surface area contributed by atoms with E-state index in [1.54, 1.807) is 31.2 Å². The zero-order valence-electron chi connectivity index (χ0n) is 18.6. The number of ketones is 1. The van der Waals surface area contributed by atoms with Crippen molar-refractivity contribution in [2.24, 2.45) is 0 Å². The Morgan fingerprint density at radius 3 is 2.47 bits per heavy atom. The Morgan fingerprint density at radius 2 is 1.76 bits per heavy atom. The molecule has 3 aromatic carbocycles. The Balaban J connectivity index is 1.61. The first-order valence-electron chi connectivity index (χ1n) is 10.6. The number of hydrogen-bond donors (Lipinski definition) is 1. The van der Waals surface area contributed by atoms with Gasteiger partial charge in [0.2, 0.25) is 0 Å². The molecule has 2 unspecified atom stereocenters. The van der Waals surface area contributed by atoms with Crippen LogP contribution >= 0.6 is 11.6 Å². The smallest absolute Gasteiger partial charge is 0.280 e. The van der Waals surface area contributed by atoms with Gasteiger partial charge in [-0.2, -0.15) is 17.4 Å². The van der Waals surface area contributed by atoms with E-state index in [9.17, 15) is 22.0 Å². The molecule has 5 nitrogen and oxygen atoms in total. The highest BCUT2D eigenvalue weighted by Crippen LogP contribution is 2.32. The van der Waals surface area contributed by atoms with Gasteiger partial charge in [0, 0.05) is 19.5 Å². The van der Waals surface area contributed by atoms with Gasteiger partial charge < -0.3 is 0 Å². The molecule has 0 spiro atoms. The second kappa shape index (κ2) is 9.54. The minimum atomic E-state index is -3.92. The Bertz CT molecular complexity index is 1360. The fourth-order valence-electron chi connectivity index (χ4n) is 4.12. The highest BCUT2D eigenvalue weighted by atomic mass is 35.5. The highest BCUT2D eigenvalue weighted by Gasteiger charge is 2.40. The predicted molar refractivity (Wildman–Crippen MR) is 128 cm³/mol. The van der Waals surface area contributed by atoms with Crippen LogP contribution in [0.1, 0.15) is 29.2 Å². The molecule has 0 saturated carbocycles. The molecule has 2 atom stereocenters. The second-order valence-corrected chi connectivity index (χ2v) is 10.6. The van der Waals surface area contributed by atoms with Crippen molar-refractivity contribution in [3.8, 4) is 11.1 Å². The first-order chi connectivity index (χ1) is 16.0. The van der Waals surface area contributed by atoms with E-state index in [0.29, 0.717) is 16.7 Å². The van der Waals surface area contributed by atoms with E-state index in [1.807, 2.05) is 12.1 Å². The summed E-state index contributed by atoms with van der Waals surface area (Å²) in [6.07, 6.45) is 0.140. The summed E-state index contributed by atoms with van der Waals surface area (Å²) in [5.41, 5.74) is 3.32. The van der Waals surface area contributed by atoms with Crippen LogP contribution in [-0.4, -0.2) is 31.6 Å². The van der Waals surface area contributed by atoms with Crippen LogP contribution in [0.25, 0.3) is 11.1 Å². The summed E-state index contributed by atoms with van der Waals surface area (Å²) >= 11 is 5.82. The molecule has 0 aromatic heterocycles. The number of likely N-dealkylation sites (N-methyl/N-ethyl adjacent to an activating group) is 1. The van der Waals surface area contributed by atoms with Crippen molar-refractivity contribution in [1.29, 1.82) is 0 Å². The topological polar surface area (TPSA) is 66.5 Å². The van der Waals surface area contributed by atoms with Crippen LogP contribution in [-0.2, 0) is 21.4 Å². The van der Waals surface area contributed by atoms with Gasteiger partial charge in [0.25, 0.3) is 10.2 Å². The molecule has 1 saturated heterocycles. The summed E-state index contributed by atoms with van der Waals surface area (Å²) in [4.78, 5) is 13.1. The fourth-order valence-corrected chi connectivity index (χ4v) is 5.62. The van der Waals surface area contributed by atoms with Gasteiger partial charge in [-0.1, -0.05) is 41.9 Å². The number of benzene rings is 3. The van der Waals surface area contributed by atoms with Crippen LogP contribution in [0.5, 0.6) is 0 Å². The second-order valence-electron chi connectivity index (χ2n) is 8.42. The Kier molecular flexibility index (Phi) is 6.87. The summed E-state index contributed by atoms with van der Waals surface area (Å²) in [5, 5.41) is -0.0951. The van der Waals surface area contributed by atoms with Gasteiger partial charge in [0.05, 0.1) is 11.1 Å². The van der Waals surface area contributed by atoms with E-state index in [1.165, 1.54) is 31.3 Å². The molecule has 1 fully saturated rings. The number of halogens is 3. The monoisotopic (exact) mass is 504 g/mol. The van der Waals surface area contributed by atoms with Gasteiger partial charge >= 0.3 is 0 Å². The van der Waals surface area contributed by atoms with Crippen LogP contribution in [0, 0.1) is 18.6 Å². The number of nitrogens with one attached hydrogen (secondary N) is 1. The Morgan fingerprint density at radius 1 is 1.06 bits per heavy atom. The van der Waals surface area contributed by atoms with Crippen LogP contribution in [0.15, 0.2) is 60.7 Å². The lowest BCUT2D eigenvalue weighted by molar-refractivity contribution is -0.122. The van der Waals surface area contributed by atoms with Crippen LogP contribution in [0.2, 0.25) is 5.02 Å². The lowest BCUT2D eigenvalue weighted by atomic mass is 9.92. The molecule has 9 heteroatoms. The van der Waals surface area contributed by atoms with Gasteiger partial charge in [-0.15, -0.1) is 0 Å².